The fourth-order valence-electron chi connectivity index (χ4n) is 1.87. The molecule has 0 fully saturated rings. The zero-order valence-electron chi connectivity index (χ0n) is 12.3. The van der Waals surface area contributed by atoms with E-state index in [9.17, 15) is 5.11 Å². The first-order chi connectivity index (χ1) is 8.32. The Kier molecular flexibility index (Phi) is 5.35. The Labute approximate surface area is 110 Å². The Bertz CT molecular complexity index is 369. The van der Waals surface area contributed by atoms with Gasteiger partial charge < -0.3 is 10.4 Å². The van der Waals surface area contributed by atoms with E-state index in [1.165, 1.54) is 11.3 Å². The van der Waals surface area contributed by atoms with Gasteiger partial charge in [-0.1, -0.05) is 13.8 Å². The van der Waals surface area contributed by atoms with Gasteiger partial charge in [0.2, 0.25) is 0 Å². The van der Waals surface area contributed by atoms with Crippen LogP contribution in [0.15, 0.2) is 6.20 Å². The van der Waals surface area contributed by atoms with Gasteiger partial charge in [0.25, 0.3) is 0 Å². The Morgan fingerprint density at radius 2 is 2.17 bits per heavy atom. The first-order valence-electron chi connectivity index (χ1n) is 6.72. The molecule has 1 aromatic rings. The van der Waals surface area contributed by atoms with Crippen molar-refractivity contribution in [2.24, 2.45) is 13.0 Å². The maximum absolute atomic E-state index is 10.2. The highest BCUT2D eigenvalue weighted by atomic mass is 16.3. The normalized spacial score (nSPS) is 15.1. The van der Waals surface area contributed by atoms with E-state index in [-0.39, 0.29) is 0 Å². The summed E-state index contributed by atoms with van der Waals surface area (Å²) in [6, 6.07) is 0. The van der Waals surface area contributed by atoms with Gasteiger partial charge in [0.15, 0.2) is 0 Å². The molecule has 0 amide bonds. The fourth-order valence-corrected chi connectivity index (χ4v) is 1.87. The highest BCUT2D eigenvalue weighted by molar-refractivity contribution is 5.15. The summed E-state index contributed by atoms with van der Waals surface area (Å²) in [4.78, 5) is 0. The van der Waals surface area contributed by atoms with E-state index in [0.717, 1.165) is 19.4 Å². The average molecular weight is 253 g/mol. The lowest BCUT2D eigenvalue weighted by Crippen LogP contribution is -2.37. The maximum Gasteiger partial charge on any atom is 0.0743 e. The summed E-state index contributed by atoms with van der Waals surface area (Å²) in [6.07, 6.45) is 3.77. The summed E-state index contributed by atoms with van der Waals surface area (Å²) in [7, 11) is 1.94. The minimum absolute atomic E-state index is 0.619. The van der Waals surface area contributed by atoms with Crippen molar-refractivity contribution in [3.8, 4) is 0 Å². The van der Waals surface area contributed by atoms with Gasteiger partial charge in [-0.05, 0) is 32.6 Å². The molecule has 0 saturated carbocycles. The maximum atomic E-state index is 10.2. The summed E-state index contributed by atoms with van der Waals surface area (Å²) in [5.74, 6) is 0.636. The van der Waals surface area contributed by atoms with E-state index in [1.807, 2.05) is 24.9 Å². The molecule has 4 heteroatoms. The predicted molar refractivity (Wildman–Crippen MR) is 74.3 cm³/mol. The van der Waals surface area contributed by atoms with E-state index in [2.05, 4.69) is 31.2 Å². The van der Waals surface area contributed by atoms with Crippen LogP contribution in [0.3, 0.4) is 0 Å². The molecule has 0 aliphatic carbocycles. The van der Waals surface area contributed by atoms with E-state index in [4.69, 9.17) is 0 Å². The zero-order valence-corrected chi connectivity index (χ0v) is 12.3. The molecule has 4 nitrogen and oxygen atoms in total. The van der Waals surface area contributed by atoms with Gasteiger partial charge in [-0.2, -0.15) is 5.10 Å². The Hall–Kier alpha value is -0.870. The van der Waals surface area contributed by atoms with Crippen LogP contribution in [0.1, 0.15) is 44.9 Å². The van der Waals surface area contributed by atoms with E-state index < -0.39 is 5.60 Å². The van der Waals surface area contributed by atoms with Gasteiger partial charge in [-0.3, -0.25) is 4.68 Å². The van der Waals surface area contributed by atoms with Gasteiger partial charge in [0, 0.05) is 31.4 Å². The number of hydrogen-bond donors (Lipinski definition) is 2. The molecule has 0 bridgehead atoms. The van der Waals surface area contributed by atoms with Crippen molar-refractivity contribution in [2.45, 2.75) is 52.7 Å². The van der Waals surface area contributed by atoms with Crippen LogP contribution >= 0.6 is 0 Å². The van der Waals surface area contributed by atoms with Gasteiger partial charge in [0.1, 0.15) is 0 Å². The van der Waals surface area contributed by atoms with Crippen LogP contribution in [-0.2, 0) is 13.6 Å². The molecular weight excluding hydrogens is 226 g/mol. The Morgan fingerprint density at radius 3 is 2.67 bits per heavy atom. The molecular formula is C14H27N3O. The molecule has 0 saturated heterocycles. The van der Waals surface area contributed by atoms with Crippen LogP contribution in [0.2, 0.25) is 0 Å². The minimum Gasteiger partial charge on any atom is -0.389 e. The van der Waals surface area contributed by atoms with E-state index in [0.29, 0.717) is 12.5 Å². The van der Waals surface area contributed by atoms with Crippen molar-refractivity contribution < 1.29 is 5.11 Å². The molecule has 0 radical (unpaired) electrons. The summed E-state index contributed by atoms with van der Waals surface area (Å²) < 4.78 is 1.87. The third kappa shape index (κ3) is 4.78. The average Bonchev–Trinajstić information content (AvgIpc) is 2.58. The van der Waals surface area contributed by atoms with E-state index >= 15 is 0 Å². The lowest BCUT2D eigenvalue weighted by molar-refractivity contribution is 0.0451. The van der Waals surface area contributed by atoms with E-state index in [1.54, 1.807) is 0 Å². The van der Waals surface area contributed by atoms with Crippen molar-refractivity contribution in [1.82, 2.24) is 15.1 Å². The molecule has 0 spiro atoms. The second-order valence-corrected chi connectivity index (χ2v) is 5.91. The SMILES string of the molecule is Cc1c(CNCC(C)(O)CCC(C)C)cnn1C. The van der Waals surface area contributed by atoms with Crippen LogP contribution in [0, 0.1) is 12.8 Å². The molecule has 0 aliphatic heterocycles. The monoisotopic (exact) mass is 253 g/mol. The van der Waals surface area contributed by atoms with Gasteiger partial charge in [0.05, 0.1) is 11.8 Å². The predicted octanol–water partition coefficient (Wildman–Crippen LogP) is 2.01. The van der Waals surface area contributed by atoms with Crippen LogP contribution in [0.5, 0.6) is 0 Å². The first kappa shape index (κ1) is 15.2. The van der Waals surface area contributed by atoms with Gasteiger partial charge in [-0.25, -0.2) is 0 Å². The summed E-state index contributed by atoms with van der Waals surface area (Å²) in [6.45, 7) is 9.70. The third-order valence-electron chi connectivity index (χ3n) is 3.42. The summed E-state index contributed by atoms with van der Waals surface area (Å²) >= 11 is 0. The van der Waals surface area contributed by atoms with Crippen LogP contribution in [0.4, 0.5) is 0 Å². The van der Waals surface area contributed by atoms with Crippen LogP contribution in [0.25, 0.3) is 0 Å². The number of nitrogens with one attached hydrogen (secondary N) is 1. The highest BCUT2D eigenvalue weighted by Crippen LogP contribution is 2.15. The number of aromatic nitrogens is 2. The Morgan fingerprint density at radius 1 is 1.50 bits per heavy atom. The minimum atomic E-state index is -0.625. The molecule has 0 aromatic carbocycles. The number of hydrogen-bond acceptors (Lipinski definition) is 3. The van der Waals surface area contributed by atoms with Gasteiger partial charge in [-0.15, -0.1) is 0 Å². The van der Waals surface area contributed by atoms with Crippen molar-refractivity contribution in [3.63, 3.8) is 0 Å². The number of rotatable bonds is 7. The van der Waals surface area contributed by atoms with Crippen molar-refractivity contribution in [1.29, 1.82) is 0 Å². The second kappa shape index (κ2) is 6.34. The van der Waals surface area contributed by atoms with Crippen molar-refractivity contribution in [2.75, 3.05) is 6.54 Å². The molecule has 104 valence electrons. The molecule has 1 heterocycles. The zero-order chi connectivity index (χ0) is 13.8. The quantitative estimate of drug-likeness (QED) is 0.781. The number of aliphatic hydroxyl groups is 1. The molecule has 1 aromatic heterocycles. The number of aryl methyl sites for hydroxylation is 1. The molecule has 2 N–H and O–H groups in total. The van der Waals surface area contributed by atoms with Gasteiger partial charge >= 0.3 is 0 Å². The Balaban J connectivity index is 2.34. The third-order valence-corrected chi connectivity index (χ3v) is 3.42. The standard InChI is InChI=1S/C14H27N3O/c1-11(2)6-7-14(4,18)10-15-8-13-9-16-17(5)12(13)3/h9,11,15,18H,6-8,10H2,1-5H3. The largest absolute Gasteiger partial charge is 0.389 e. The van der Waals surface area contributed by atoms with Crippen molar-refractivity contribution >= 4 is 0 Å². The summed E-state index contributed by atoms with van der Waals surface area (Å²) in [5, 5.41) is 17.8. The number of nitrogens with zero attached hydrogens (tertiary/aromatic N) is 2. The molecule has 18 heavy (non-hydrogen) atoms. The summed E-state index contributed by atoms with van der Waals surface area (Å²) in [5.41, 5.74) is 1.74. The molecule has 1 unspecified atom stereocenters. The van der Waals surface area contributed by atoms with Crippen molar-refractivity contribution in [3.05, 3.63) is 17.5 Å². The molecule has 1 rings (SSSR count). The molecule has 0 aliphatic rings. The smallest absolute Gasteiger partial charge is 0.0743 e. The lowest BCUT2D eigenvalue weighted by atomic mass is 9.95. The lowest BCUT2D eigenvalue weighted by Gasteiger charge is -2.24. The topological polar surface area (TPSA) is 50.1 Å². The molecule has 1 atom stereocenters. The van der Waals surface area contributed by atoms with Crippen LogP contribution in [-0.4, -0.2) is 27.0 Å². The fraction of sp³-hybridized carbons (Fsp3) is 0.786. The second-order valence-electron chi connectivity index (χ2n) is 5.91. The van der Waals surface area contributed by atoms with Crippen LogP contribution < -0.4 is 5.32 Å². The first-order valence-corrected chi connectivity index (χ1v) is 6.72. The highest BCUT2D eigenvalue weighted by Gasteiger charge is 2.20.